The number of rotatable bonds is 9. The van der Waals surface area contributed by atoms with Crippen molar-refractivity contribution in [3.05, 3.63) is 59.7 Å². The summed E-state index contributed by atoms with van der Waals surface area (Å²) in [7, 11) is 0. The van der Waals surface area contributed by atoms with Crippen molar-refractivity contribution in [1.82, 2.24) is 5.32 Å². The maximum absolute atomic E-state index is 12.1. The van der Waals surface area contributed by atoms with Crippen LogP contribution in [0.25, 0.3) is 0 Å². The lowest BCUT2D eigenvalue weighted by Crippen LogP contribution is -2.28. The zero-order chi connectivity index (χ0) is 18.9. The van der Waals surface area contributed by atoms with Crippen molar-refractivity contribution in [2.45, 2.75) is 40.2 Å². The van der Waals surface area contributed by atoms with Crippen LogP contribution in [0.3, 0.4) is 0 Å². The number of carbonyl (C=O) groups excluding carboxylic acids is 1. The lowest BCUT2D eigenvalue weighted by atomic mass is 10.0. The second-order valence-corrected chi connectivity index (χ2v) is 6.60. The van der Waals surface area contributed by atoms with Crippen LogP contribution in [-0.4, -0.2) is 25.6 Å². The molecule has 2 aromatic carbocycles. The Hall–Kier alpha value is -2.49. The number of hydrogen-bond donors (Lipinski definition) is 1. The van der Waals surface area contributed by atoms with E-state index in [0.717, 1.165) is 30.0 Å². The fraction of sp³-hybridized carbons (Fsp3) is 0.409. The highest BCUT2D eigenvalue weighted by atomic mass is 16.5. The largest absolute Gasteiger partial charge is 0.483 e. The molecule has 0 aliphatic rings. The van der Waals surface area contributed by atoms with Gasteiger partial charge in [0.05, 0.1) is 0 Å². The third kappa shape index (κ3) is 5.51. The summed E-state index contributed by atoms with van der Waals surface area (Å²) < 4.78 is 5.71. The fourth-order valence-electron chi connectivity index (χ4n) is 2.90. The lowest BCUT2D eigenvalue weighted by Gasteiger charge is -2.21. The number of nitrogens with one attached hydrogen (secondary N) is 1. The third-order valence-corrected chi connectivity index (χ3v) is 4.45. The highest BCUT2D eigenvalue weighted by Gasteiger charge is 2.09. The molecule has 140 valence electrons. The van der Waals surface area contributed by atoms with E-state index in [9.17, 15) is 4.79 Å². The average Bonchev–Trinajstić information content (AvgIpc) is 2.66. The minimum absolute atomic E-state index is 0.0290. The van der Waals surface area contributed by atoms with Crippen LogP contribution in [0.15, 0.2) is 48.5 Å². The maximum Gasteiger partial charge on any atom is 0.258 e. The van der Waals surface area contributed by atoms with E-state index >= 15 is 0 Å². The third-order valence-electron chi connectivity index (χ3n) is 4.45. The van der Waals surface area contributed by atoms with Crippen LogP contribution in [0.4, 0.5) is 5.69 Å². The zero-order valence-corrected chi connectivity index (χ0v) is 16.3. The molecule has 0 bridgehead atoms. The van der Waals surface area contributed by atoms with Gasteiger partial charge in [-0.15, -0.1) is 0 Å². The Bertz CT molecular complexity index is 692. The average molecular weight is 354 g/mol. The van der Waals surface area contributed by atoms with Crippen LogP contribution in [-0.2, 0) is 11.3 Å². The molecule has 4 nitrogen and oxygen atoms in total. The number of amides is 1. The number of para-hydroxylation sites is 1. The van der Waals surface area contributed by atoms with Crippen LogP contribution in [0.2, 0.25) is 0 Å². The number of benzene rings is 2. The molecule has 0 saturated carbocycles. The topological polar surface area (TPSA) is 41.6 Å². The van der Waals surface area contributed by atoms with Crippen molar-refractivity contribution in [2.24, 2.45) is 0 Å². The van der Waals surface area contributed by atoms with Gasteiger partial charge in [-0.1, -0.05) is 44.2 Å². The molecular weight excluding hydrogens is 324 g/mol. The SMILES string of the molecule is CCN(CC)c1ccc(CNC(=O)COc2ccccc2C(C)C)cc1. The number of carbonyl (C=O) groups is 1. The van der Waals surface area contributed by atoms with Gasteiger partial charge in [0.2, 0.25) is 0 Å². The van der Waals surface area contributed by atoms with Gasteiger partial charge in [0.1, 0.15) is 5.75 Å². The standard InChI is InChI=1S/C22H30N2O2/c1-5-24(6-2)19-13-11-18(12-14-19)15-23-22(25)16-26-21-10-8-7-9-20(21)17(3)4/h7-14,17H,5-6,15-16H2,1-4H3,(H,23,25). The Morgan fingerprint density at radius 2 is 1.69 bits per heavy atom. The molecule has 0 fully saturated rings. The first-order valence-corrected chi connectivity index (χ1v) is 9.37. The summed E-state index contributed by atoms with van der Waals surface area (Å²) in [6.07, 6.45) is 0. The number of ether oxygens (including phenoxy) is 1. The van der Waals surface area contributed by atoms with Crippen LogP contribution in [0.1, 0.15) is 44.7 Å². The first-order chi connectivity index (χ1) is 12.5. The van der Waals surface area contributed by atoms with Gasteiger partial charge >= 0.3 is 0 Å². The summed E-state index contributed by atoms with van der Waals surface area (Å²) >= 11 is 0. The number of nitrogens with zero attached hydrogens (tertiary/aromatic N) is 1. The molecule has 0 spiro atoms. The Labute approximate surface area is 157 Å². The Morgan fingerprint density at radius 1 is 1.04 bits per heavy atom. The summed E-state index contributed by atoms with van der Waals surface area (Å²) in [6.45, 7) is 11.0. The van der Waals surface area contributed by atoms with E-state index in [1.54, 1.807) is 0 Å². The van der Waals surface area contributed by atoms with Crippen molar-refractivity contribution in [2.75, 3.05) is 24.6 Å². The molecule has 0 radical (unpaired) electrons. The van der Waals surface area contributed by atoms with Gasteiger partial charge in [0.25, 0.3) is 5.91 Å². The molecule has 0 heterocycles. The molecule has 2 rings (SSSR count). The molecule has 0 saturated heterocycles. The highest BCUT2D eigenvalue weighted by Crippen LogP contribution is 2.25. The van der Waals surface area contributed by atoms with Crippen molar-refractivity contribution in [1.29, 1.82) is 0 Å². The summed E-state index contributed by atoms with van der Waals surface area (Å²) in [5, 5.41) is 2.92. The molecular formula is C22H30N2O2. The van der Waals surface area contributed by atoms with Gasteiger partial charge in [-0.05, 0) is 49.1 Å². The minimum atomic E-state index is -0.114. The number of anilines is 1. The lowest BCUT2D eigenvalue weighted by molar-refractivity contribution is -0.123. The molecule has 1 N–H and O–H groups in total. The van der Waals surface area contributed by atoms with E-state index in [4.69, 9.17) is 4.74 Å². The molecule has 4 heteroatoms. The monoisotopic (exact) mass is 354 g/mol. The van der Waals surface area contributed by atoms with Crippen LogP contribution < -0.4 is 15.0 Å². The molecule has 0 atom stereocenters. The van der Waals surface area contributed by atoms with Crippen molar-refractivity contribution >= 4 is 11.6 Å². The van der Waals surface area contributed by atoms with E-state index in [1.807, 2.05) is 24.3 Å². The summed E-state index contributed by atoms with van der Waals surface area (Å²) in [5.74, 6) is 1.02. The van der Waals surface area contributed by atoms with E-state index in [1.165, 1.54) is 5.69 Å². The number of hydrogen-bond acceptors (Lipinski definition) is 3. The van der Waals surface area contributed by atoms with Gasteiger partial charge in [0.15, 0.2) is 6.61 Å². The Morgan fingerprint density at radius 3 is 2.31 bits per heavy atom. The van der Waals surface area contributed by atoms with Crippen LogP contribution in [0, 0.1) is 0 Å². The van der Waals surface area contributed by atoms with Crippen molar-refractivity contribution < 1.29 is 9.53 Å². The van der Waals surface area contributed by atoms with Gasteiger partial charge < -0.3 is 15.0 Å². The summed E-state index contributed by atoms with van der Waals surface area (Å²) in [5.41, 5.74) is 3.41. The molecule has 2 aromatic rings. The van der Waals surface area contributed by atoms with E-state index < -0.39 is 0 Å². The highest BCUT2D eigenvalue weighted by molar-refractivity contribution is 5.77. The Balaban J connectivity index is 1.84. The predicted octanol–water partition coefficient (Wildman–Crippen LogP) is 4.35. The van der Waals surface area contributed by atoms with E-state index in [-0.39, 0.29) is 12.5 Å². The van der Waals surface area contributed by atoms with E-state index in [2.05, 4.69) is 62.2 Å². The second-order valence-electron chi connectivity index (χ2n) is 6.60. The predicted molar refractivity (Wildman–Crippen MR) is 108 cm³/mol. The van der Waals surface area contributed by atoms with Gasteiger partial charge in [-0.2, -0.15) is 0 Å². The smallest absolute Gasteiger partial charge is 0.258 e. The molecule has 0 aliphatic carbocycles. The van der Waals surface area contributed by atoms with Crippen molar-refractivity contribution in [3.63, 3.8) is 0 Å². The molecule has 0 aliphatic heterocycles. The summed E-state index contributed by atoms with van der Waals surface area (Å²) in [4.78, 5) is 14.4. The maximum atomic E-state index is 12.1. The van der Waals surface area contributed by atoms with Crippen LogP contribution in [0.5, 0.6) is 5.75 Å². The van der Waals surface area contributed by atoms with Gasteiger partial charge in [0, 0.05) is 25.3 Å². The first-order valence-electron chi connectivity index (χ1n) is 9.37. The summed E-state index contributed by atoms with van der Waals surface area (Å²) in [6, 6.07) is 16.2. The normalized spacial score (nSPS) is 10.7. The quantitative estimate of drug-likeness (QED) is 0.728. The molecule has 1 amide bonds. The molecule has 0 aromatic heterocycles. The Kier molecular flexibility index (Phi) is 7.52. The first kappa shape index (κ1) is 19.8. The van der Waals surface area contributed by atoms with Gasteiger partial charge in [-0.3, -0.25) is 4.79 Å². The van der Waals surface area contributed by atoms with E-state index in [0.29, 0.717) is 12.5 Å². The fourth-order valence-corrected chi connectivity index (χ4v) is 2.90. The van der Waals surface area contributed by atoms with Crippen molar-refractivity contribution in [3.8, 4) is 5.75 Å². The minimum Gasteiger partial charge on any atom is -0.483 e. The molecule has 0 unspecified atom stereocenters. The van der Waals surface area contributed by atoms with Gasteiger partial charge in [-0.25, -0.2) is 0 Å². The molecule has 26 heavy (non-hydrogen) atoms. The van der Waals surface area contributed by atoms with Crippen LogP contribution >= 0.6 is 0 Å². The second kappa shape index (κ2) is 9.85. The zero-order valence-electron chi connectivity index (χ0n) is 16.3.